The van der Waals surface area contributed by atoms with Crippen LogP contribution in [0.25, 0.3) is 0 Å². The number of hydrogen-bond acceptors (Lipinski definition) is 8. The van der Waals surface area contributed by atoms with Crippen molar-refractivity contribution in [2.24, 2.45) is 7.05 Å². The lowest BCUT2D eigenvalue weighted by molar-refractivity contribution is 0.602. The van der Waals surface area contributed by atoms with Crippen LogP contribution in [-0.4, -0.2) is 33.8 Å². The summed E-state index contributed by atoms with van der Waals surface area (Å²) in [6, 6.07) is 0. The zero-order valence-electron chi connectivity index (χ0n) is 9.78. The fourth-order valence-electron chi connectivity index (χ4n) is 1.39. The predicted molar refractivity (Wildman–Crippen MR) is 68.0 cm³/mol. The smallest absolute Gasteiger partial charge is 0.182 e. The second-order valence-electron chi connectivity index (χ2n) is 3.71. The second-order valence-corrected chi connectivity index (χ2v) is 6.44. The Hall–Kier alpha value is -1.68. The number of nitrogens with two attached hydrogens (primary N) is 1. The van der Waals surface area contributed by atoms with Gasteiger partial charge in [-0.2, -0.15) is 4.37 Å². The average molecular weight is 288 g/mol. The van der Waals surface area contributed by atoms with Crippen molar-refractivity contribution in [2.45, 2.75) is 11.4 Å². The summed E-state index contributed by atoms with van der Waals surface area (Å²) in [5.41, 5.74) is 5.55. The molecule has 2 aromatic rings. The van der Waals surface area contributed by atoms with Crippen LogP contribution in [0.5, 0.6) is 0 Å². The van der Waals surface area contributed by atoms with Gasteiger partial charge in [0.25, 0.3) is 0 Å². The van der Waals surface area contributed by atoms with Crippen LogP contribution in [0.2, 0.25) is 0 Å². The van der Waals surface area contributed by atoms with E-state index in [2.05, 4.69) is 19.9 Å². The van der Waals surface area contributed by atoms with E-state index in [9.17, 15) is 8.42 Å². The summed E-state index contributed by atoms with van der Waals surface area (Å²) in [4.78, 5) is 0.0367. The summed E-state index contributed by atoms with van der Waals surface area (Å²) in [5, 5.41) is 11.0. The maximum absolute atomic E-state index is 11.6. The van der Waals surface area contributed by atoms with Gasteiger partial charge in [-0.3, -0.25) is 0 Å². The van der Waals surface area contributed by atoms with E-state index >= 15 is 0 Å². The SMILES string of the molecule is Cn1cnnc1CNc1snc(N)c1S(C)(=O)=O. The molecule has 0 aliphatic heterocycles. The molecule has 8 nitrogen and oxygen atoms in total. The van der Waals surface area contributed by atoms with Crippen LogP contribution in [0.3, 0.4) is 0 Å². The van der Waals surface area contributed by atoms with Gasteiger partial charge >= 0.3 is 0 Å². The molecule has 2 heterocycles. The number of aromatic nitrogens is 4. The molecule has 18 heavy (non-hydrogen) atoms. The van der Waals surface area contributed by atoms with Crippen molar-refractivity contribution < 1.29 is 8.42 Å². The predicted octanol–water partition coefficient (Wildman–Crippen LogP) is -0.131. The number of nitrogen functional groups attached to an aromatic ring is 1. The minimum absolute atomic E-state index is 0.0166. The molecule has 0 aliphatic rings. The Morgan fingerprint density at radius 2 is 2.28 bits per heavy atom. The van der Waals surface area contributed by atoms with Gasteiger partial charge in [0.1, 0.15) is 16.2 Å². The van der Waals surface area contributed by atoms with Crippen molar-refractivity contribution in [2.75, 3.05) is 17.3 Å². The topological polar surface area (TPSA) is 116 Å². The van der Waals surface area contributed by atoms with Crippen LogP contribution in [0.4, 0.5) is 10.8 Å². The first-order valence-electron chi connectivity index (χ1n) is 4.91. The molecule has 2 rings (SSSR count). The summed E-state index contributed by atoms with van der Waals surface area (Å²) in [6.45, 7) is 0.348. The van der Waals surface area contributed by atoms with Gasteiger partial charge in [0.2, 0.25) is 0 Å². The van der Waals surface area contributed by atoms with E-state index in [0.717, 1.165) is 17.8 Å². The van der Waals surface area contributed by atoms with Crippen LogP contribution in [0.1, 0.15) is 5.82 Å². The summed E-state index contributed by atoms with van der Waals surface area (Å²) in [7, 11) is -1.60. The van der Waals surface area contributed by atoms with Gasteiger partial charge in [0.15, 0.2) is 21.5 Å². The van der Waals surface area contributed by atoms with Gasteiger partial charge in [-0.15, -0.1) is 10.2 Å². The Morgan fingerprint density at radius 1 is 1.56 bits per heavy atom. The Bertz CT molecular complexity index is 659. The first-order valence-corrected chi connectivity index (χ1v) is 7.58. The number of nitrogens with zero attached hydrogens (tertiary/aromatic N) is 4. The molecule has 0 bridgehead atoms. The third-order valence-corrected chi connectivity index (χ3v) is 4.36. The van der Waals surface area contributed by atoms with Crippen molar-refractivity contribution in [3.63, 3.8) is 0 Å². The molecule has 3 N–H and O–H groups in total. The lowest BCUT2D eigenvalue weighted by Gasteiger charge is -2.05. The maximum atomic E-state index is 11.6. The first-order chi connectivity index (χ1) is 8.39. The van der Waals surface area contributed by atoms with Gasteiger partial charge in [0.05, 0.1) is 6.54 Å². The highest BCUT2D eigenvalue weighted by Crippen LogP contribution is 2.31. The zero-order valence-corrected chi connectivity index (χ0v) is 11.4. The van der Waals surface area contributed by atoms with Gasteiger partial charge < -0.3 is 15.6 Å². The molecule has 0 fully saturated rings. The van der Waals surface area contributed by atoms with Crippen LogP contribution < -0.4 is 11.1 Å². The van der Waals surface area contributed by atoms with Crippen molar-refractivity contribution in [1.29, 1.82) is 0 Å². The van der Waals surface area contributed by atoms with E-state index in [1.165, 1.54) is 0 Å². The molecule has 98 valence electrons. The second kappa shape index (κ2) is 4.53. The van der Waals surface area contributed by atoms with E-state index in [1.807, 2.05) is 0 Å². The highest BCUT2D eigenvalue weighted by Gasteiger charge is 2.21. The first kappa shape index (κ1) is 12.8. The van der Waals surface area contributed by atoms with Crippen LogP contribution in [0.15, 0.2) is 11.2 Å². The fraction of sp³-hybridized carbons (Fsp3) is 0.375. The molecular formula is C8H12N6O2S2. The molecular weight excluding hydrogens is 276 g/mol. The van der Waals surface area contributed by atoms with Gasteiger partial charge in [-0.25, -0.2) is 8.42 Å². The molecule has 0 saturated carbocycles. The highest BCUT2D eigenvalue weighted by atomic mass is 32.2. The Morgan fingerprint density at radius 3 is 2.83 bits per heavy atom. The van der Waals surface area contributed by atoms with E-state index in [0.29, 0.717) is 17.4 Å². The van der Waals surface area contributed by atoms with Gasteiger partial charge in [-0.1, -0.05) is 0 Å². The monoisotopic (exact) mass is 288 g/mol. The standard InChI is InChI=1S/C8H12N6O2S2/c1-14-4-11-12-5(14)3-10-8-6(18(2,15)16)7(9)13-17-8/h4,10H,3H2,1-2H3,(H2,9,13). The zero-order chi connectivity index (χ0) is 13.3. The van der Waals surface area contributed by atoms with Crippen molar-refractivity contribution >= 4 is 32.2 Å². The normalized spacial score (nSPS) is 11.7. The quantitative estimate of drug-likeness (QED) is 0.805. The Balaban J connectivity index is 2.24. The number of anilines is 2. The third kappa shape index (κ3) is 2.43. The summed E-state index contributed by atoms with van der Waals surface area (Å²) in [5.74, 6) is 0.699. The molecule has 10 heteroatoms. The summed E-state index contributed by atoms with van der Waals surface area (Å²) in [6.07, 6.45) is 2.66. The summed E-state index contributed by atoms with van der Waals surface area (Å²) >= 11 is 1.01. The van der Waals surface area contributed by atoms with Crippen LogP contribution >= 0.6 is 11.5 Å². The number of hydrogen-bond donors (Lipinski definition) is 2. The van der Waals surface area contributed by atoms with Crippen molar-refractivity contribution in [3.05, 3.63) is 12.2 Å². The van der Waals surface area contributed by atoms with Gasteiger partial charge in [0, 0.05) is 13.3 Å². The van der Waals surface area contributed by atoms with E-state index in [1.54, 1.807) is 17.9 Å². The minimum atomic E-state index is -3.40. The van der Waals surface area contributed by atoms with Crippen molar-refractivity contribution in [1.82, 2.24) is 19.1 Å². The largest absolute Gasteiger partial charge is 0.382 e. The van der Waals surface area contributed by atoms with Crippen molar-refractivity contribution in [3.8, 4) is 0 Å². The fourth-order valence-corrected chi connectivity index (χ4v) is 3.45. The van der Waals surface area contributed by atoms with E-state index in [4.69, 9.17) is 5.73 Å². The summed E-state index contributed by atoms with van der Waals surface area (Å²) < 4.78 is 28.7. The molecule has 0 radical (unpaired) electrons. The lowest BCUT2D eigenvalue weighted by Crippen LogP contribution is -2.08. The molecule has 0 saturated heterocycles. The maximum Gasteiger partial charge on any atom is 0.182 e. The molecule has 0 unspecified atom stereocenters. The van der Waals surface area contributed by atoms with Gasteiger partial charge in [-0.05, 0) is 11.5 Å². The molecule has 0 spiro atoms. The average Bonchev–Trinajstić information content (AvgIpc) is 2.81. The molecule has 2 aromatic heterocycles. The third-order valence-electron chi connectivity index (χ3n) is 2.26. The molecule has 0 aromatic carbocycles. The minimum Gasteiger partial charge on any atom is -0.382 e. The number of sulfone groups is 1. The lowest BCUT2D eigenvalue weighted by atomic mass is 10.5. The highest BCUT2D eigenvalue weighted by molar-refractivity contribution is 7.91. The number of nitrogens with one attached hydrogen (secondary N) is 1. The molecule has 0 amide bonds. The molecule has 0 atom stereocenters. The van der Waals surface area contributed by atoms with E-state index in [-0.39, 0.29) is 10.7 Å². The van der Waals surface area contributed by atoms with Crippen LogP contribution in [-0.2, 0) is 23.4 Å². The number of rotatable bonds is 4. The van der Waals surface area contributed by atoms with Crippen LogP contribution in [0, 0.1) is 0 Å². The Labute approximate surface area is 108 Å². The Kier molecular flexibility index (Phi) is 3.22. The van der Waals surface area contributed by atoms with E-state index < -0.39 is 9.84 Å². The number of aryl methyl sites for hydroxylation is 1. The molecule has 0 aliphatic carbocycles.